The van der Waals surface area contributed by atoms with Crippen LogP contribution in [-0.4, -0.2) is 47.0 Å². The average Bonchev–Trinajstić information content (AvgIpc) is 3.72. The Morgan fingerprint density at radius 2 is 1.76 bits per heavy atom. The second-order valence-electron chi connectivity index (χ2n) is 13.3. The summed E-state index contributed by atoms with van der Waals surface area (Å²) in [5.74, 6) is 0.124. The Hall–Kier alpha value is -5.80. The SMILES string of the molecule is O=C(C1CC2=C(C=CCC2)c2ccc3c(C4C=CN=N4)c(-c4ccc(F)cc4)c(-c4ccnc(Oc5ccccc5)n4)cc3c21)N1CCNCC1. The lowest BCUT2D eigenvalue weighted by atomic mass is 9.72. The third kappa shape index (κ3) is 5.73. The van der Waals surface area contributed by atoms with Gasteiger partial charge in [0.25, 0.3) is 0 Å². The fraction of sp³-hybridized carbons (Fsp3) is 0.214. The van der Waals surface area contributed by atoms with E-state index in [1.165, 1.54) is 23.3 Å². The molecule has 1 aromatic heterocycles. The minimum atomic E-state index is -0.400. The van der Waals surface area contributed by atoms with Crippen molar-refractivity contribution in [3.63, 3.8) is 0 Å². The number of ether oxygens (including phenoxy) is 1. The molecule has 4 aliphatic rings. The highest BCUT2D eigenvalue weighted by molar-refractivity contribution is 6.06. The molecule has 0 spiro atoms. The van der Waals surface area contributed by atoms with Crippen LogP contribution in [0.25, 0.3) is 38.7 Å². The van der Waals surface area contributed by atoms with Crippen molar-refractivity contribution in [2.24, 2.45) is 10.2 Å². The van der Waals surface area contributed by atoms with Crippen molar-refractivity contribution in [3.05, 3.63) is 138 Å². The van der Waals surface area contributed by atoms with Crippen LogP contribution in [0, 0.1) is 5.82 Å². The molecule has 0 saturated carbocycles. The number of rotatable bonds is 6. The van der Waals surface area contributed by atoms with E-state index in [0.717, 1.165) is 70.1 Å². The Labute approximate surface area is 295 Å². The van der Waals surface area contributed by atoms with Gasteiger partial charge < -0.3 is 15.0 Å². The van der Waals surface area contributed by atoms with Crippen molar-refractivity contribution >= 4 is 22.3 Å². The van der Waals surface area contributed by atoms with E-state index >= 15 is 0 Å². The summed E-state index contributed by atoms with van der Waals surface area (Å²) in [4.78, 5) is 26.0. The molecular formula is C42H35FN6O2. The van der Waals surface area contributed by atoms with Gasteiger partial charge in [0, 0.05) is 44.1 Å². The number of halogens is 1. The van der Waals surface area contributed by atoms with Gasteiger partial charge in [0.15, 0.2) is 0 Å². The number of para-hydroxylation sites is 1. The predicted octanol–water partition coefficient (Wildman–Crippen LogP) is 8.94. The molecule has 0 radical (unpaired) electrons. The number of carbonyl (C=O) groups is 1. The standard InChI is InChI=1S/C42H35FN6O2/c43-28-12-10-26(11-13-28)38-34(36-16-18-45-42(47-36)51-29-7-2-1-3-8-29)25-33-32(40(38)37-17-19-46-48-37)15-14-31-30-9-5-4-6-27(30)24-35(39(31)33)41(50)49-22-20-44-21-23-49/h1-3,5,7-19,25,35,37,44H,4,6,20-24H2. The van der Waals surface area contributed by atoms with Crippen LogP contribution in [0.15, 0.2) is 125 Å². The molecule has 9 heteroatoms. The molecule has 2 aliphatic heterocycles. The fourth-order valence-electron chi connectivity index (χ4n) is 8.00. The number of piperazine rings is 1. The summed E-state index contributed by atoms with van der Waals surface area (Å²) in [6.45, 7) is 2.94. The molecule has 1 saturated heterocycles. The number of hydrogen-bond donors (Lipinski definition) is 1. The molecule has 2 unspecified atom stereocenters. The molecule has 1 amide bonds. The van der Waals surface area contributed by atoms with Crippen molar-refractivity contribution in [3.8, 4) is 34.1 Å². The zero-order valence-electron chi connectivity index (χ0n) is 27.9. The van der Waals surface area contributed by atoms with Crippen LogP contribution in [0.2, 0.25) is 0 Å². The number of nitrogens with zero attached hydrogens (tertiary/aromatic N) is 5. The minimum Gasteiger partial charge on any atom is -0.424 e. The van der Waals surface area contributed by atoms with Crippen LogP contribution in [0.5, 0.6) is 11.8 Å². The average molecular weight is 675 g/mol. The highest BCUT2D eigenvalue weighted by Gasteiger charge is 2.37. The minimum absolute atomic E-state index is 0.165. The van der Waals surface area contributed by atoms with E-state index in [9.17, 15) is 9.18 Å². The lowest BCUT2D eigenvalue weighted by molar-refractivity contribution is -0.133. The molecule has 1 N–H and O–H groups in total. The molecule has 252 valence electrons. The first kappa shape index (κ1) is 31.2. The quantitative estimate of drug-likeness (QED) is 0.194. The zero-order valence-corrected chi connectivity index (χ0v) is 27.9. The number of amides is 1. The molecule has 2 atom stereocenters. The molecule has 51 heavy (non-hydrogen) atoms. The second kappa shape index (κ2) is 13.2. The summed E-state index contributed by atoms with van der Waals surface area (Å²) in [6.07, 6.45) is 12.5. The van der Waals surface area contributed by atoms with Crippen LogP contribution in [0.3, 0.4) is 0 Å². The van der Waals surface area contributed by atoms with Crippen LogP contribution in [0.4, 0.5) is 4.39 Å². The lowest BCUT2D eigenvalue weighted by Gasteiger charge is -2.36. The van der Waals surface area contributed by atoms with E-state index in [-0.39, 0.29) is 23.7 Å². The summed E-state index contributed by atoms with van der Waals surface area (Å²) in [5.41, 5.74) is 8.72. The summed E-state index contributed by atoms with van der Waals surface area (Å²) >= 11 is 0. The lowest BCUT2D eigenvalue weighted by Crippen LogP contribution is -2.48. The highest BCUT2D eigenvalue weighted by atomic mass is 19.1. The van der Waals surface area contributed by atoms with Gasteiger partial charge in [-0.1, -0.05) is 60.2 Å². The summed E-state index contributed by atoms with van der Waals surface area (Å²) < 4.78 is 20.5. The third-order valence-corrected chi connectivity index (χ3v) is 10.3. The first-order valence-corrected chi connectivity index (χ1v) is 17.5. The summed E-state index contributed by atoms with van der Waals surface area (Å²) in [5, 5.41) is 14.3. The molecule has 2 aliphatic carbocycles. The number of fused-ring (bicyclic) bond motifs is 4. The van der Waals surface area contributed by atoms with Crippen molar-refractivity contribution in [2.75, 3.05) is 26.2 Å². The highest BCUT2D eigenvalue weighted by Crippen LogP contribution is 2.51. The number of allylic oxidation sites excluding steroid dienone is 4. The van der Waals surface area contributed by atoms with Crippen LogP contribution >= 0.6 is 0 Å². The van der Waals surface area contributed by atoms with Crippen molar-refractivity contribution in [2.45, 2.75) is 31.2 Å². The van der Waals surface area contributed by atoms with Gasteiger partial charge in [-0.2, -0.15) is 15.2 Å². The van der Waals surface area contributed by atoms with Gasteiger partial charge in [0.05, 0.1) is 11.6 Å². The molecular weight excluding hydrogens is 640 g/mol. The van der Waals surface area contributed by atoms with Gasteiger partial charge in [0.1, 0.15) is 17.6 Å². The van der Waals surface area contributed by atoms with E-state index in [0.29, 0.717) is 31.0 Å². The van der Waals surface area contributed by atoms with Crippen LogP contribution in [-0.2, 0) is 4.79 Å². The topological polar surface area (TPSA) is 92.1 Å². The van der Waals surface area contributed by atoms with Gasteiger partial charge in [-0.25, -0.2) is 9.37 Å². The number of carbonyl (C=O) groups excluding carboxylic acids is 1. The molecule has 5 aromatic rings. The fourth-order valence-corrected chi connectivity index (χ4v) is 8.00. The molecule has 1 fully saturated rings. The first-order chi connectivity index (χ1) is 25.1. The Kier molecular flexibility index (Phi) is 8.05. The van der Waals surface area contributed by atoms with Crippen molar-refractivity contribution in [1.29, 1.82) is 0 Å². The van der Waals surface area contributed by atoms with E-state index in [1.807, 2.05) is 47.4 Å². The van der Waals surface area contributed by atoms with Gasteiger partial charge in [0.2, 0.25) is 5.91 Å². The van der Waals surface area contributed by atoms with E-state index in [1.54, 1.807) is 24.5 Å². The monoisotopic (exact) mass is 674 g/mol. The molecule has 8 nitrogen and oxygen atoms in total. The largest absolute Gasteiger partial charge is 0.424 e. The van der Waals surface area contributed by atoms with E-state index in [4.69, 9.17) is 9.72 Å². The van der Waals surface area contributed by atoms with Crippen molar-refractivity contribution in [1.82, 2.24) is 20.2 Å². The maximum absolute atomic E-state index is 14.6. The third-order valence-electron chi connectivity index (χ3n) is 10.3. The molecule has 9 rings (SSSR count). The van der Waals surface area contributed by atoms with Crippen LogP contribution < -0.4 is 10.1 Å². The van der Waals surface area contributed by atoms with Gasteiger partial charge >= 0.3 is 6.01 Å². The Bertz CT molecular complexity index is 2280. The number of azo groups is 1. The van der Waals surface area contributed by atoms with Gasteiger partial charge in [-0.3, -0.25) is 4.79 Å². The smallest absolute Gasteiger partial charge is 0.322 e. The first-order valence-electron chi connectivity index (χ1n) is 17.5. The summed E-state index contributed by atoms with van der Waals surface area (Å²) in [7, 11) is 0. The Morgan fingerprint density at radius 1 is 0.922 bits per heavy atom. The molecule has 0 bridgehead atoms. The molecule has 3 heterocycles. The maximum atomic E-state index is 14.6. The summed E-state index contributed by atoms with van der Waals surface area (Å²) in [6, 6.07) is 24.1. The second-order valence-corrected chi connectivity index (χ2v) is 13.3. The number of benzene rings is 4. The number of aromatic nitrogens is 2. The zero-order chi connectivity index (χ0) is 34.3. The maximum Gasteiger partial charge on any atom is 0.322 e. The molecule has 4 aromatic carbocycles. The Morgan fingerprint density at radius 3 is 2.57 bits per heavy atom. The van der Waals surface area contributed by atoms with Crippen LogP contribution in [0.1, 0.15) is 47.9 Å². The van der Waals surface area contributed by atoms with E-state index < -0.39 is 6.04 Å². The van der Waals surface area contributed by atoms with E-state index in [2.05, 4.69) is 50.9 Å². The Balaban J connectivity index is 1.34. The number of nitrogens with one attached hydrogen (secondary N) is 1. The number of hydrogen-bond acceptors (Lipinski definition) is 7. The van der Waals surface area contributed by atoms with Crippen molar-refractivity contribution < 1.29 is 13.9 Å². The normalized spacial score (nSPS) is 19.4. The predicted molar refractivity (Wildman–Crippen MR) is 196 cm³/mol. The van der Waals surface area contributed by atoms with Gasteiger partial charge in [-0.15, -0.1) is 0 Å². The van der Waals surface area contributed by atoms with Gasteiger partial charge in [-0.05, 0) is 106 Å².